The summed E-state index contributed by atoms with van der Waals surface area (Å²) >= 11 is 5.41. The molecule has 0 unspecified atom stereocenters. The van der Waals surface area contributed by atoms with Crippen molar-refractivity contribution in [2.75, 3.05) is 5.88 Å². The summed E-state index contributed by atoms with van der Waals surface area (Å²) in [5.41, 5.74) is 1.25. The summed E-state index contributed by atoms with van der Waals surface area (Å²) in [4.78, 5) is 0. The topological polar surface area (TPSA) is 0 Å². The summed E-state index contributed by atoms with van der Waals surface area (Å²) in [6.07, 6.45) is 2.03. The minimum Gasteiger partial charge on any atom is -0.126 e. The van der Waals surface area contributed by atoms with Crippen molar-refractivity contribution in [2.24, 2.45) is 0 Å². The Kier molecular flexibility index (Phi) is 11.3. The van der Waals surface area contributed by atoms with Crippen molar-refractivity contribution in [3.05, 3.63) is 12.2 Å². The zero-order valence-electron chi connectivity index (χ0n) is 4.71. The standard InChI is InChI=1S/C6H11Cl.Mg.2H/c1-3-6(2)4-5-7;;;/h2-5H2,1H3;;;. The van der Waals surface area contributed by atoms with Crippen LogP contribution in [0.3, 0.4) is 0 Å². The average Bonchev–Trinajstić information content (AvgIpc) is 1.68. The van der Waals surface area contributed by atoms with Gasteiger partial charge < -0.3 is 0 Å². The number of halogens is 1. The number of alkyl halides is 1. The molecule has 8 heavy (non-hydrogen) atoms. The van der Waals surface area contributed by atoms with Gasteiger partial charge in [0.05, 0.1) is 0 Å². The highest BCUT2D eigenvalue weighted by atomic mass is 35.5. The van der Waals surface area contributed by atoms with Crippen LogP contribution in [-0.2, 0) is 0 Å². The maximum absolute atomic E-state index is 5.41. The molecule has 0 atom stereocenters. The first-order valence-corrected chi connectivity index (χ1v) is 3.07. The van der Waals surface area contributed by atoms with Crippen LogP contribution < -0.4 is 0 Å². The quantitative estimate of drug-likeness (QED) is 0.321. The summed E-state index contributed by atoms with van der Waals surface area (Å²) < 4.78 is 0. The normalized spacial score (nSPS) is 7.75. The molecule has 0 amide bonds. The fraction of sp³-hybridized carbons (Fsp3) is 0.667. The summed E-state index contributed by atoms with van der Waals surface area (Å²) in [5, 5.41) is 0. The highest BCUT2D eigenvalue weighted by Gasteiger charge is 1.84. The lowest BCUT2D eigenvalue weighted by atomic mass is 10.2. The van der Waals surface area contributed by atoms with E-state index in [-0.39, 0.29) is 23.1 Å². The van der Waals surface area contributed by atoms with Gasteiger partial charge in [-0.3, -0.25) is 0 Å². The van der Waals surface area contributed by atoms with E-state index < -0.39 is 0 Å². The van der Waals surface area contributed by atoms with Crippen LogP contribution >= 0.6 is 11.6 Å². The van der Waals surface area contributed by atoms with E-state index in [0.29, 0.717) is 5.88 Å². The molecule has 0 aromatic rings. The molecule has 46 valence electrons. The van der Waals surface area contributed by atoms with E-state index in [2.05, 4.69) is 13.5 Å². The molecule has 0 fully saturated rings. The SMILES string of the molecule is C=C(CC)CCCl.[MgH2]. The number of rotatable bonds is 3. The zero-order chi connectivity index (χ0) is 5.70. The molecular formula is C6H13ClMg. The van der Waals surface area contributed by atoms with Crippen LogP contribution in [0, 0.1) is 0 Å². The maximum Gasteiger partial charge on any atom is 0.316 e. The molecule has 0 nitrogen and oxygen atoms in total. The van der Waals surface area contributed by atoms with Crippen molar-refractivity contribution in [1.82, 2.24) is 0 Å². The van der Waals surface area contributed by atoms with Crippen LogP contribution in [0.25, 0.3) is 0 Å². The molecule has 0 spiro atoms. The minimum atomic E-state index is 0. The number of hydrogen-bond acceptors (Lipinski definition) is 0. The largest absolute Gasteiger partial charge is 0.316 e. The highest BCUT2D eigenvalue weighted by Crippen LogP contribution is 2.02. The fourth-order valence-electron chi connectivity index (χ4n) is 0.310. The van der Waals surface area contributed by atoms with Crippen LogP contribution in [0.15, 0.2) is 12.2 Å². The highest BCUT2D eigenvalue weighted by molar-refractivity contribution is 6.17. The van der Waals surface area contributed by atoms with Gasteiger partial charge in [0.1, 0.15) is 0 Å². The Balaban J connectivity index is 0. The monoisotopic (exact) mass is 144 g/mol. The molecule has 0 rings (SSSR count). The third-order valence-electron chi connectivity index (χ3n) is 0.948. The van der Waals surface area contributed by atoms with Gasteiger partial charge >= 0.3 is 23.1 Å². The zero-order valence-corrected chi connectivity index (χ0v) is 5.46. The summed E-state index contributed by atoms with van der Waals surface area (Å²) in [7, 11) is 0. The van der Waals surface area contributed by atoms with Crippen molar-refractivity contribution in [3.63, 3.8) is 0 Å². The van der Waals surface area contributed by atoms with Gasteiger partial charge in [0.2, 0.25) is 0 Å². The van der Waals surface area contributed by atoms with Crippen molar-refractivity contribution in [2.45, 2.75) is 19.8 Å². The Hall–Kier alpha value is 0.796. The Bertz CT molecular complexity index is 61.5. The molecule has 0 heterocycles. The van der Waals surface area contributed by atoms with Crippen molar-refractivity contribution >= 4 is 34.7 Å². The van der Waals surface area contributed by atoms with Crippen LogP contribution in [0.2, 0.25) is 0 Å². The minimum absolute atomic E-state index is 0. The maximum atomic E-state index is 5.41. The van der Waals surface area contributed by atoms with Crippen molar-refractivity contribution < 1.29 is 0 Å². The van der Waals surface area contributed by atoms with E-state index in [4.69, 9.17) is 11.6 Å². The van der Waals surface area contributed by atoms with Crippen molar-refractivity contribution in [3.8, 4) is 0 Å². The smallest absolute Gasteiger partial charge is 0.126 e. The average molecular weight is 145 g/mol. The van der Waals surface area contributed by atoms with Crippen LogP contribution in [0.4, 0.5) is 0 Å². The molecule has 2 heteroatoms. The molecule has 0 aliphatic carbocycles. The van der Waals surface area contributed by atoms with Crippen LogP contribution in [-0.4, -0.2) is 28.9 Å². The van der Waals surface area contributed by atoms with E-state index in [1.54, 1.807) is 0 Å². The van der Waals surface area contributed by atoms with Gasteiger partial charge in [0, 0.05) is 5.88 Å². The van der Waals surface area contributed by atoms with E-state index in [1.165, 1.54) is 5.57 Å². The van der Waals surface area contributed by atoms with E-state index in [0.717, 1.165) is 12.8 Å². The molecular weight excluding hydrogens is 132 g/mol. The van der Waals surface area contributed by atoms with Crippen molar-refractivity contribution in [1.29, 1.82) is 0 Å². The van der Waals surface area contributed by atoms with E-state index in [9.17, 15) is 0 Å². The first-order chi connectivity index (χ1) is 3.31. The lowest BCUT2D eigenvalue weighted by Gasteiger charge is -1.93. The van der Waals surface area contributed by atoms with Gasteiger partial charge in [-0.25, -0.2) is 0 Å². The van der Waals surface area contributed by atoms with E-state index >= 15 is 0 Å². The second kappa shape index (κ2) is 7.80. The van der Waals surface area contributed by atoms with Gasteiger partial charge in [0.25, 0.3) is 0 Å². The lowest BCUT2D eigenvalue weighted by Crippen LogP contribution is -1.77. The van der Waals surface area contributed by atoms with Crippen LogP contribution in [0.5, 0.6) is 0 Å². The van der Waals surface area contributed by atoms with Crippen LogP contribution in [0.1, 0.15) is 19.8 Å². The number of allylic oxidation sites excluding steroid dienone is 1. The fourth-order valence-corrected chi connectivity index (χ4v) is 0.578. The van der Waals surface area contributed by atoms with E-state index in [1.807, 2.05) is 0 Å². The molecule has 0 saturated carbocycles. The third kappa shape index (κ3) is 6.80. The summed E-state index contributed by atoms with van der Waals surface area (Å²) in [6.45, 7) is 5.87. The number of hydrogen-bond donors (Lipinski definition) is 0. The third-order valence-corrected chi connectivity index (χ3v) is 1.14. The molecule has 0 aliphatic heterocycles. The Labute approximate surface area is 72.4 Å². The lowest BCUT2D eigenvalue weighted by molar-refractivity contribution is 0.991. The molecule has 0 bridgehead atoms. The molecule has 0 radical (unpaired) electrons. The molecule has 0 N–H and O–H groups in total. The first-order valence-electron chi connectivity index (χ1n) is 2.54. The Morgan fingerprint density at radius 3 is 2.25 bits per heavy atom. The van der Waals surface area contributed by atoms with Gasteiger partial charge in [-0.05, 0) is 12.8 Å². The Morgan fingerprint density at radius 1 is 1.62 bits per heavy atom. The predicted octanol–water partition coefficient (Wildman–Crippen LogP) is 1.67. The second-order valence-electron chi connectivity index (χ2n) is 1.54. The molecule has 0 aliphatic rings. The summed E-state index contributed by atoms with van der Waals surface area (Å²) in [6, 6.07) is 0. The van der Waals surface area contributed by atoms with Gasteiger partial charge in [0.15, 0.2) is 0 Å². The summed E-state index contributed by atoms with van der Waals surface area (Å²) in [5.74, 6) is 0.715. The predicted molar refractivity (Wildman–Crippen MR) is 43.3 cm³/mol. The first kappa shape index (κ1) is 11.6. The molecule has 0 aromatic heterocycles. The molecule has 0 saturated heterocycles. The van der Waals surface area contributed by atoms with Gasteiger partial charge in [-0.2, -0.15) is 0 Å². The van der Waals surface area contributed by atoms with Gasteiger partial charge in [-0.15, -0.1) is 11.6 Å². The Morgan fingerprint density at radius 2 is 2.12 bits per heavy atom. The molecule has 0 aromatic carbocycles. The van der Waals surface area contributed by atoms with Gasteiger partial charge in [-0.1, -0.05) is 19.1 Å². The second-order valence-corrected chi connectivity index (χ2v) is 1.92.